The van der Waals surface area contributed by atoms with E-state index in [0.717, 1.165) is 5.69 Å². The highest BCUT2D eigenvalue weighted by molar-refractivity contribution is 6.16. The van der Waals surface area contributed by atoms with Gasteiger partial charge in [-0.3, -0.25) is 0 Å². The summed E-state index contributed by atoms with van der Waals surface area (Å²) < 4.78 is 9.86. The molecule has 27 rings (SSSR count). The van der Waals surface area contributed by atoms with Crippen LogP contribution in [0.1, 0.15) is 99.9 Å². The van der Waals surface area contributed by atoms with Gasteiger partial charge >= 0.3 is 0 Å². The van der Waals surface area contributed by atoms with Crippen molar-refractivity contribution in [2.24, 2.45) is 0 Å². The van der Waals surface area contributed by atoms with Crippen LogP contribution in [-0.2, 0) is 21.7 Å². The summed E-state index contributed by atoms with van der Waals surface area (Å²) in [5, 5.41) is 10.0. The van der Waals surface area contributed by atoms with Gasteiger partial charge in [-0.25, -0.2) is 0 Å². The van der Waals surface area contributed by atoms with Crippen molar-refractivity contribution in [1.82, 2.24) is 18.3 Å². The van der Waals surface area contributed by atoms with Crippen molar-refractivity contribution in [2.45, 2.75) is 77.0 Å². The van der Waals surface area contributed by atoms with Crippen LogP contribution in [0.25, 0.3) is 210 Å². The zero-order valence-corrected chi connectivity index (χ0v) is 74.0. The van der Waals surface area contributed by atoms with Crippen LogP contribution in [0.4, 0.5) is 0 Å². The fourth-order valence-corrected chi connectivity index (χ4v) is 23.6. The number of hydrogen-bond acceptors (Lipinski definition) is 0. The average Bonchev–Trinajstić information content (AvgIpc) is 1.59. The lowest BCUT2D eigenvalue weighted by Gasteiger charge is -2.22. The lowest BCUT2D eigenvalue weighted by atomic mass is 9.81. The Morgan fingerprint density at radius 1 is 0.131 bits per heavy atom. The molecule has 0 fully saturated rings. The Bertz CT molecular complexity index is 8770. The van der Waals surface area contributed by atoms with Gasteiger partial charge in [-0.2, -0.15) is 0 Å². The minimum absolute atomic E-state index is 0.0685. The molecular formula is C126H92N4. The molecular weight excluding hydrogens is 1570 g/mol. The number of rotatable bonds is 9. The van der Waals surface area contributed by atoms with Gasteiger partial charge in [-0.05, 0) is 284 Å². The molecule has 4 aromatic heterocycles. The lowest BCUT2D eigenvalue weighted by molar-refractivity contribution is 0.660. The zero-order valence-electron chi connectivity index (χ0n) is 74.0. The third kappa shape index (κ3) is 11.1. The van der Waals surface area contributed by atoms with E-state index in [0.29, 0.717) is 0 Å². The maximum Gasteiger partial charge on any atom is 0.0541 e. The van der Waals surface area contributed by atoms with E-state index in [2.05, 4.69) is 486 Å². The number of fused-ring (bicyclic) bond motifs is 24. The highest BCUT2D eigenvalue weighted by Gasteiger charge is 2.40. The van der Waals surface area contributed by atoms with Crippen molar-refractivity contribution >= 4 is 87.2 Å². The van der Waals surface area contributed by atoms with Gasteiger partial charge in [0.25, 0.3) is 0 Å². The molecule has 0 spiro atoms. The van der Waals surface area contributed by atoms with Crippen molar-refractivity contribution in [2.75, 3.05) is 0 Å². The first-order chi connectivity index (χ1) is 63.5. The minimum atomic E-state index is -0.0842. The number of nitrogens with zero attached hydrogens (tertiary/aromatic N) is 4. The molecule has 0 radical (unpaired) electrons. The Hall–Kier alpha value is -15.6. The quantitative estimate of drug-likeness (QED) is 0.137. The van der Waals surface area contributed by atoms with E-state index < -0.39 is 0 Å². The summed E-state index contributed by atoms with van der Waals surface area (Å²) in [5.74, 6) is 0. The number of aromatic nitrogens is 4. The Morgan fingerprint density at radius 3 is 0.662 bits per heavy atom. The Balaban J connectivity index is 0.000000137. The van der Waals surface area contributed by atoms with E-state index in [1.807, 2.05) is 0 Å². The molecule has 0 amide bonds. The molecule has 4 aliphatic carbocycles. The highest BCUT2D eigenvalue weighted by atomic mass is 15.0. The molecule has 0 N–H and O–H groups in total. The van der Waals surface area contributed by atoms with Crippen LogP contribution in [0, 0.1) is 0 Å². The van der Waals surface area contributed by atoms with E-state index in [9.17, 15) is 0 Å². The summed E-state index contributed by atoms with van der Waals surface area (Å²) in [6.45, 7) is 18.9. The predicted octanol–water partition coefficient (Wildman–Crippen LogP) is 33.3. The predicted molar refractivity (Wildman–Crippen MR) is 548 cm³/mol. The average molecular weight is 1660 g/mol. The second-order valence-electron chi connectivity index (χ2n) is 38.7. The molecule has 0 unspecified atom stereocenters. The van der Waals surface area contributed by atoms with Crippen molar-refractivity contribution in [3.63, 3.8) is 0 Å². The first-order valence-corrected chi connectivity index (χ1v) is 45.9. The summed E-state index contributed by atoms with van der Waals surface area (Å²) in [5.41, 5.74) is 48.2. The van der Waals surface area contributed by atoms with Gasteiger partial charge < -0.3 is 18.3 Å². The van der Waals surface area contributed by atoms with Crippen molar-refractivity contribution < 1.29 is 0 Å². The van der Waals surface area contributed by atoms with E-state index in [4.69, 9.17) is 0 Å². The maximum absolute atomic E-state index is 2.48. The van der Waals surface area contributed by atoms with Gasteiger partial charge in [0.15, 0.2) is 0 Å². The van der Waals surface area contributed by atoms with Gasteiger partial charge in [-0.1, -0.05) is 328 Å². The lowest BCUT2D eigenvalue weighted by Crippen LogP contribution is -2.15. The first kappa shape index (κ1) is 75.7. The van der Waals surface area contributed by atoms with E-state index in [-0.39, 0.29) is 21.7 Å². The molecule has 0 aliphatic heterocycles. The van der Waals surface area contributed by atoms with Gasteiger partial charge in [0.2, 0.25) is 0 Å². The van der Waals surface area contributed by atoms with Crippen LogP contribution < -0.4 is 0 Å². The second-order valence-corrected chi connectivity index (χ2v) is 38.7. The van der Waals surface area contributed by atoms with E-state index in [1.165, 1.54) is 249 Å². The van der Waals surface area contributed by atoms with Gasteiger partial charge in [-0.15, -0.1) is 0 Å². The normalized spacial score (nSPS) is 14.2. The van der Waals surface area contributed by atoms with Crippen molar-refractivity contribution in [1.29, 1.82) is 0 Å². The Labute approximate surface area is 757 Å². The molecule has 0 saturated carbocycles. The summed E-state index contributed by atoms with van der Waals surface area (Å²) in [7, 11) is 0. The largest absolute Gasteiger partial charge is 0.309 e. The summed E-state index contributed by atoms with van der Waals surface area (Å²) in [6.07, 6.45) is 0. The summed E-state index contributed by atoms with van der Waals surface area (Å²) >= 11 is 0. The van der Waals surface area contributed by atoms with Gasteiger partial charge in [0, 0.05) is 87.5 Å². The molecule has 4 nitrogen and oxygen atoms in total. The fourth-order valence-electron chi connectivity index (χ4n) is 23.6. The van der Waals surface area contributed by atoms with E-state index >= 15 is 0 Å². The van der Waals surface area contributed by atoms with Gasteiger partial charge in [0.1, 0.15) is 0 Å². The molecule has 4 aliphatic rings. The molecule has 0 saturated heterocycles. The monoisotopic (exact) mass is 1660 g/mol. The third-order valence-corrected chi connectivity index (χ3v) is 30.3. The molecule has 130 heavy (non-hydrogen) atoms. The SMILES string of the molecule is CC1(C)c2ccccc2-c2ccc(-c3ccc4c(c3)c3cc(-c5ccc6c(c5)c5ccccc5n6-c5ccc6c(c5)C(C)(C)c5ccccc5-6)ccc3n4-c3ccc(-c4ccccc4)cc3)cc21.CC1(C)c2ccccc2-c2ccc(-n3c4ccccc4c4cc(-c5ccc6c(c5)c5cc(-c7ccccc7)ccc5n6-c5ccc6c(c5)C(C)(C)c5ccccc5-6)ccc43)cc21. The molecule has 19 aromatic carbocycles. The Morgan fingerprint density at radius 2 is 0.331 bits per heavy atom. The van der Waals surface area contributed by atoms with Gasteiger partial charge in [0.05, 0.1) is 44.1 Å². The van der Waals surface area contributed by atoms with Crippen LogP contribution in [-0.4, -0.2) is 18.3 Å². The van der Waals surface area contributed by atoms with Crippen LogP contribution in [0.3, 0.4) is 0 Å². The van der Waals surface area contributed by atoms with E-state index in [1.54, 1.807) is 0 Å². The topological polar surface area (TPSA) is 19.7 Å². The first-order valence-electron chi connectivity index (χ1n) is 45.9. The number of benzene rings is 19. The molecule has 616 valence electrons. The maximum atomic E-state index is 2.48. The zero-order chi connectivity index (χ0) is 87.0. The van der Waals surface area contributed by atoms with Crippen LogP contribution >= 0.6 is 0 Å². The molecule has 0 bridgehead atoms. The van der Waals surface area contributed by atoms with Crippen molar-refractivity contribution in [3.05, 3.63) is 457 Å². The third-order valence-electron chi connectivity index (χ3n) is 30.3. The highest BCUT2D eigenvalue weighted by Crippen LogP contribution is 2.56. The molecule has 23 aromatic rings. The van der Waals surface area contributed by atoms with Crippen molar-refractivity contribution in [3.8, 4) is 123 Å². The van der Waals surface area contributed by atoms with Crippen LogP contribution in [0.15, 0.2) is 413 Å². The number of para-hydroxylation sites is 2. The van der Waals surface area contributed by atoms with Crippen LogP contribution in [0.5, 0.6) is 0 Å². The minimum Gasteiger partial charge on any atom is -0.309 e. The second kappa shape index (κ2) is 27.9. The summed E-state index contributed by atoms with van der Waals surface area (Å²) in [4.78, 5) is 0. The smallest absolute Gasteiger partial charge is 0.0541 e. The van der Waals surface area contributed by atoms with Crippen LogP contribution in [0.2, 0.25) is 0 Å². The Kier molecular flexibility index (Phi) is 16.3. The standard InChI is InChI=1S/C66H48N2.C60H44N2/c1-65(2)57-19-11-8-16-49(57)51-31-24-46(39-59(51)65)45-27-35-64-56(38-45)55-37-44(26-34-63(55)67(64)47-28-22-42(23-29-47)41-14-6-5-7-15-41)43-25-33-62-54(36-43)53-18-10-13-21-61(53)68(62)48-30-32-52-50-17-9-12-20-58(50)66(3,4)60(52)40-48;1-59(2)51-19-11-8-16-43(51)45-27-25-41(35-53(45)59)61-55-21-13-10-18-47(55)48-33-39(23-30-56(48)61)40-24-31-58-50(34-40)49-32-38(37-14-6-5-7-15-37)22-29-57(49)62(58)42-26-28-46-44-17-9-12-20-52(44)60(3,4)54(46)36-42/h5-40H,1-4H3;5-36H,1-4H3. The molecule has 0 atom stereocenters. The molecule has 4 heteroatoms. The summed E-state index contributed by atoms with van der Waals surface area (Å²) in [6, 6.07) is 155. The molecule has 4 heterocycles. The fraction of sp³-hybridized carbons (Fsp3) is 0.0952. The number of hydrogen-bond donors (Lipinski definition) is 0.